The van der Waals surface area contributed by atoms with Crippen LogP contribution in [0.5, 0.6) is 0 Å². The van der Waals surface area contributed by atoms with Crippen LogP contribution in [0.15, 0.2) is 48.5 Å². The monoisotopic (exact) mass is 407 g/mol. The SMILES string of the molecule is CC(C)(N)c1cccc(-c2ccc(C(F)(F)F)cc2)c1.O=C(O)CC(F)(F)F. The minimum Gasteiger partial charge on any atom is -0.481 e. The quantitative estimate of drug-likeness (QED) is 0.652. The number of hydrogen-bond donors (Lipinski definition) is 2. The van der Waals surface area contributed by atoms with Gasteiger partial charge in [0.1, 0.15) is 6.42 Å². The fourth-order valence-electron chi connectivity index (χ4n) is 2.12. The highest BCUT2D eigenvalue weighted by molar-refractivity contribution is 5.67. The molecule has 0 radical (unpaired) electrons. The van der Waals surface area contributed by atoms with Crippen LogP contribution in [0, 0.1) is 0 Å². The molecule has 2 rings (SSSR count). The third-order valence-electron chi connectivity index (χ3n) is 3.50. The number of carboxylic acid groups (broad SMARTS) is 1. The molecule has 3 nitrogen and oxygen atoms in total. The van der Waals surface area contributed by atoms with Crippen molar-refractivity contribution in [1.82, 2.24) is 0 Å². The molecule has 154 valence electrons. The van der Waals surface area contributed by atoms with E-state index in [1.165, 1.54) is 12.1 Å². The molecule has 0 saturated carbocycles. The molecule has 0 bridgehead atoms. The predicted octanol–water partition coefficient (Wildman–Crippen LogP) is 5.59. The summed E-state index contributed by atoms with van der Waals surface area (Å²) in [6, 6.07) is 12.7. The van der Waals surface area contributed by atoms with Gasteiger partial charge >= 0.3 is 18.3 Å². The number of carboxylic acids is 1. The lowest BCUT2D eigenvalue weighted by atomic mass is 9.92. The molecule has 0 aliphatic heterocycles. The van der Waals surface area contributed by atoms with Crippen molar-refractivity contribution in [3.05, 3.63) is 59.7 Å². The Morgan fingerprint density at radius 2 is 1.43 bits per heavy atom. The average Bonchev–Trinajstić information content (AvgIpc) is 2.52. The maximum absolute atomic E-state index is 12.5. The molecule has 0 fully saturated rings. The molecule has 0 aromatic heterocycles. The van der Waals surface area contributed by atoms with E-state index >= 15 is 0 Å². The number of aliphatic carboxylic acids is 1. The number of nitrogens with two attached hydrogens (primary N) is 1. The molecule has 0 aliphatic carbocycles. The van der Waals surface area contributed by atoms with Gasteiger partial charge in [0.05, 0.1) is 5.56 Å². The summed E-state index contributed by atoms with van der Waals surface area (Å²) < 4.78 is 70.4. The van der Waals surface area contributed by atoms with Crippen LogP contribution in [0.3, 0.4) is 0 Å². The van der Waals surface area contributed by atoms with Crippen LogP contribution in [0.4, 0.5) is 26.3 Å². The van der Waals surface area contributed by atoms with Crippen molar-refractivity contribution in [2.75, 3.05) is 0 Å². The summed E-state index contributed by atoms with van der Waals surface area (Å²) in [6.07, 6.45) is -10.6. The second-order valence-electron chi connectivity index (χ2n) is 6.56. The summed E-state index contributed by atoms with van der Waals surface area (Å²) in [5.74, 6) is -1.85. The lowest BCUT2D eigenvalue weighted by Crippen LogP contribution is -2.28. The first-order chi connectivity index (χ1) is 12.6. The smallest absolute Gasteiger partial charge is 0.416 e. The number of benzene rings is 2. The summed E-state index contributed by atoms with van der Waals surface area (Å²) in [6.45, 7) is 3.78. The summed E-state index contributed by atoms with van der Waals surface area (Å²) >= 11 is 0. The van der Waals surface area contributed by atoms with Crippen LogP contribution < -0.4 is 5.73 Å². The third kappa shape index (κ3) is 7.99. The molecule has 3 N–H and O–H groups in total. The van der Waals surface area contributed by atoms with Crippen molar-refractivity contribution in [3.63, 3.8) is 0 Å². The van der Waals surface area contributed by atoms with E-state index in [1.54, 1.807) is 0 Å². The van der Waals surface area contributed by atoms with Crippen LogP contribution in [0.1, 0.15) is 31.4 Å². The highest BCUT2D eigenvalue weighted by Gasteiger charge is 2.31. The lowest BCUT2D eigenvalue weighted by Gasteiger charge is -2.20. The maximum atomic E-state index is 12.5. The Morgan fingerprint density at radius 3 is 1.79 bits per heavy atom. The second-order valence-corrected chi connectivity index (χ2v) is 6.56. The highest BCUT2D eigenvalue weighted by Crippen LogP contribution is 2.31. The first kappa shape index (κ1) is 23.5. The maximum Gasteiger partial charge on any atom is 0.416 e. The molecule has 0 atom stereocenters. The van der Waals surface area contributed by atoms with E-state index in [0.717, 1.165) is 28.8 Å². The topological polar surface area (TPSA) is 63.3 Å². The van der Waals surface area contributed by atoms with Crippen molar-refractivity contribution in [2.45, 2.75) is 38.2 Å². The Labute approximate surface area is 157 Å². The third-order valence-corrected chi connectivity index (χ3v) is 3.50. The molecular formula is C19H19F6NO2. The average molecular weight is 407 g/mol. The normalized spacial score (nSPS) is 12.2. The van der Waals surface area contributed by atoms with Gasteiger partial charge in [-0.2, -0.15) is 26.3 Å². The molecule has 0 saturated heterocycles. The zero-order chi connectivity index (χ0) is 21.8. The minimum absolute atomic E-state index is 0.484. The van der Waals surface area contributed by atoms with E-state index in [-0.39, 0.29) is 0 Å². The van der Waals surface area contributed by atoms with Gasteiger partial charge in [-0.05, 0) is 48.7 Å². The van der Waals surface area contributed by atoms with Crippen LogP contribution in [-0.4, -0.2) is 17.3 Å². The van der Waals surface area contributed by atoms with Crippen molar-refractivity contribution in [3.8, 4) is 11.1 Å². The van der Waals surface area contributed by atoms with E-state index in [9.17, 15) is 31.1 Å². The second kappa shape index (κ2) is 8.64. The van der Waals surface area contributed by atoms with Gasteiger partial charge in [-0.15, -0.1) is 0 Å². The molecule has 0 unspecified atom stereocenters. The Bertz CT molecular complexity index is 790. The molecule has 2 aromatic rings. The van der Waals surface area contributed by atoms with Gasteiger partial charge in [0.15, 0.2) is 0 Å². The van der Waals surface area contributed by atoms with E-state index in [4.69, 9.17) is 10.8 Å². The predicted molar refractivity (Wildman–Crippen MR) is 92.4 cm³/mol. The van der Waals surface area contributed by atoms with E-state index in [2.05, 4.69) is 0 Å². The summed E-state index contributed by atoms with van der Waals surface area (Å²) in [5, 5.41) is 7.53. The molecule has 0 spiro atoms. The van der Waals surface area contributed by atoms with Gasteiger partial charge in [-0.1, -0.05) is 30.3 Å². The molecule has 28 heavy (non-hydrogen) atoms. The van der Waals surface area contributed by atoms with Crippen LogP contribution in [0.25, 0.3) is 11.1 Å². The number of rotatable bonds is 3. The fourth-order valence-corrected chi connectivity index (χ4v) is 2.12. The first-order valence-corrected chi connectivity index (χ1v) is 7.95. The van der Waals surface area contributed by atoms with E-state index < -0.39 is 35.8 Å². The number of alkyl halides is 6. The summed E-state index contributed by atoms with van der Waals surface area (Å²) in [7, 11) is 0. The van der Waals surface area contributed by atoms with Crippen LogP contribution in [-0.2, 0) is 16.5 Å². The van der Waals surface area contributed by atoms with Crippen molar-refractivity contribution < 1.29 is 36.2 Å². The van der Waals surface area contributed by atoms with Crippen LogP contribution >= 0.6 is 0 Å². The number of halogens is 6. The molecular weight excluding hydrogens is 388 g/mol. The Kier molecular flexibility index (Phi) is 7.25. The Balaban J connectivity index is 0.000000416. The summed E-state index contributed by atoms with van der Waals surface area (Å²) in [5.41, 5.74) is 7.45. The Hall–Kier alpha value is -2.55. The van der Waals surface area contributed by atoms with Crippen LogP contribution in [0.2, 0.25) is 0 Å². The highest BCUT2D eigenvalue weighted by atomic mass is 19.4. The lowest BCUT2D eigenvalue weighted by molar-refractivity contribution is -0.166. The van der Waals surface area contributed by atoms with Gasteiger partial charge in [-0.25, -0.2) is 0 Å². The molecule has 2 aromatic carbocycles. The Morgan fingerprint density at radius 1 is 0.893 bits per heavy atom. The zero-order valence-electron chi connectivity index (χ0n) is 15.0. The minimum atomic E-state index is -4.58. The zero-order valence-corrected chi connectivity index (χ0v) is 15.0. The number of carbonyl (C=O) groups is 1. The summed E-state index contributed by atoms with van der Waals surface area (Å²) in [4.78, 5) is 9.29. The molecule has 0 heterocycles. The van der Waals surface area contributed by atoms with Gasteiger partial charge in [-0.3, -0.25) is 4.79 Å². The standard InChI is InChI=1S/C16H16F3N.C3H3F3O2/c1-15(2,20)14-5-3-4-12(10-14)11-6-8-13(9-7-11)16(17,18)19;4-3(5,6)1-2(7)8/h3-10H,20H2,1-2H3;1H2,(H,7,8). The van der Waals surface area contributed by atoms with Gasteiger partial charge < -0.3 is 10.8 Å². The van der Waals surface area contributed by atoms with E-state index in [1.807, 2.05) is 38.1 Å². The van der Waals surface area contributed by atoms with Gasteiger partial charge in [0.2, 0.25) is 0 Å². The van der Waals surface area contributed by atoms with Gasteiger partial charge in [0.25, 0.3) is 0 Å². The first-order valence-electron chi connectivity index (χ1n) is 7.95. The van der Waals surface area contributed by atoms with Crippen molar-refractivity contribution in [1.29, 1.82) is 0 Å². The van der Waals surface area contributed by atoms with E-state index in [0.29, 0.717) is 0 Å². The molecule has 9 heteroatoms. The molecule has 0 aliphatic rings. The van der Waals surface area contributed by atoms with Gasteiger partial charge in [0, 0.05) is 5.54 Å². The largest absolute Gasteiger partial charge is 0.481 e. The van der Waals surface area contributed by atoms with Crippen molar-refractivity contribution in [2.24, 2.45) is 5.73 Å². The fraction of sp³-hybridized carbons (Fsp3) is 0.316. The molecule has 0 amide bonds. The number of hydrogen-bond acceptors (Lipinski definition) is 2. The van der Waals surface area contributed by atoms with Crippen molar-refractivity contribution >= 4 is 5.97 Å².